The van der Waals surface area contributed by atoms with Gasteiger partial charge < -0.3 is 9.64 Å². The molecule has 0 aliphatic rings. The van der Waals surface area contributed by atoms with Crippen LogP contribution in [0.25, 0.3) is 0 Å². The monoisotopic (exact) mass is 342 g/mol. The van der Waals surface area contributed by atoms with E-state index in [1.54, 1.807) is 17.2 Å². The molecule has 0 aliphatic heterocycles. The van der Waals surface area contributed by atoms with Crippen LogP contribution in [0.2, 0.25) is 0 Å². The van der Waals surface area contributed by atoms with Crippen LogP contribution in [0.5, 0.6) is 0 Å². The molecule has 0 radical (unpaired) electrons. The molecule has 1 amide bonds. The summed E-state index contributed by atoms with van der Waals surface area (Å²) < 4.78 is 5.36. The number of aromatic nitrogens is 1. The molecule has 0 aromatic carbocycles. The Hall–Kier alpha value is -1.43. The number of carbonyl (C=O) groups is 2. The third-order valence-electron chi connectivity index (χ3n) is 2.64. The quantitative estimate of drug-likeness (QED) is 0.745. The molecule has 20 heavy (non-hydrogen) atoms. The van der Waals surface area contributed by atoms with Crippen LogP contribution in [-0.4, -0.2) is 42.0 Å². The van der Waals surface area contributed by atoms with Gasteiger partial charge in [0.25, 0.3) is 5.91 Å². The van der Waals surface area contributed by atoms with Gasteiger partial charge in [-0.05, 0) is 27.9 Å². The maximum absolute atomic E-state index is 12.4. The summed E-state index contributed by atoms with van der Waals surface area (Å²) in [6.45, 7) is 4.98. The van der Waals surface area contributed by atoms with E-state index >= 15 is 0 Å². The number of pyridine rings is 1. The lowest BCUT2D eigenvalue weighted by Crippen LogP contribution is -2.36. The van der Waals surface area contributed by atoms with Crippen molar-refractivity contribution in [1.29, 1.82) is 0 Å². The molecular formula is C14H19BrN2O3. The van der Waals surface area contributed by atoms with Crippen LogP contribution in [0.4, 0.5) is 0 Å². The Balaban J connectivity index is 2.81. The standard InChI is InChI=1S/C14H19BrN2O3/c1-10(2)9-17(5-4-13(18)20-3)14(19)11-6-12(15)8-16-7-11/h6-8,10H,4-5,9H2,1-3H3. The fourth-order valence-corrected chi connectivity index (χ4v) is 2.12. The summed E-state index contributed by atoms with van der Waals surface area (Å²) in [5.41, 5.74) is 0.505. The summed E-state index contributed by atoms with van der Waals surface area (Å²) in [4.78, 5) is 29.3. The van der Waals surface area contributed by atoms with Gasteiger partial charge in [0, 0.05) is 30.0 Å². The van der Waals surface area contributed by atoms with Gasteiger partial charge in [0.1, 0.15) is 0 Å². The Labute approximate surface area is 127 Å². The number of carbonyl (C=O) groups excluding carboxylic acids is 2. The van der Waals surface area contributed by atoms with Crippen molar-refractivity contribution in [3.05, 3.63) is 28.5 Å². The second-order valence-electron chi connectivity index (χ2n) is 4.86. The van der Waals surface area contributed by atoms with Gasteiger partial charge in [-0.3, -0.25) is 14.6 Å². The number of amides is 1. The van der Waals surface area contributed by atoms with Crippen LogP contribution >= 0.6 is 15.9 Å². The summed E-state index contributed by atoms with van der Waals surface area (Å²) in [5, 5.41) is 0. The van der Waals surface area contributed by atoms with E-state index in [-0.39, 0.29) is 18.3 Å². The SMILES string of the molecule is COC(=O)CCN(CC(C)C)C(=O)c1cncc(Br)c1. The van der Waals surface area contributed by atoms with E-state index in [0.717, 1.165) is 4.47 Å². The number of methoxy groups -OCH3 is 1. The molecule has 0 bridgehead atoms. The lowest BCUT2D eigenvalue weighted by molar-refractivity contribution is -0.140. The van der Waals surface area contributed by atoms with Crippen molar-refractivity contribution >= 4 is 27.8 Å². The van der Waals surface area contributed by atoms with Crippen molar-refractivity contribution in [1.82, 2.24) is 9.88 Å². The second-order valence-corrected chi connectivity index (χ2v) is 5.78. The number of ether oxygens (including phenoxy) is 1. The average molecular weight is 343 g/mol. The summed E-state index contributed by atoms with van der Waals surface area (Å²) >= 11 is 3.30. The van der Waals surface area contributed by atoms with E-state index in [4.69, 9.17) is 0 Å². The molecule has 0 saturated carbocycles. The Morgan fingerprint density at radius 1 is 1.40 bits per heavy atom. The van der Waals surface area contributed by atoms with Gasteiger partial charge in [0.15, 0.2) is 0 Å². The Kier molecular flexibility index (Phi) is 6.64. The molecule has 110 valence electrons. The van der Waals surface area contributed by atoms with Gasteiger partial charge in [-0.25, -0.2) is 0 Å². The molecule has 0 aliphatic carbocycles. The van der Waals surface area contributed by atoms with Crippen LogP contribution in [0.1, 0.15) is 30.6 Å². The predicted molar refractivity (Wildman–Crippen MR) is 79.3 cm³/mol. The zero-order valence-corrected chi connectivity index (χ0v) is 13.5. The molecule has 0 fully saturated rings. The van der Waals surface area contributed by atoms with Gasteiger partial charge >= 0.3 is 5.97 Å². The van der Waals surface area contributed by atoms with E-state index in [1.165, 1.54) is 13.3 Å². The highest BCUT2D eigenvalue weighted by atomic mass is 79.9. The second kappa shape index (κ2) is 7.99. The van der Waals surface area contributed by atoms with Crippen molar-refractivity contribution in [2.24, 2.45) is 5.92 Å². The van der Waals surface area contributed by atoms with Gasteiger partial charge in [-0.1, -0.05) is 13.8 Å². The molecule has 1 aromatic heterocycles. The van der Waals surface area contributed by atoms with E-state index in [2.05, 4.69) is 25.7 Å². The highest BCUT2D eigenvalue weighted by Gasteiger charge is 2.18. The Morgan fingerprint density at radius 3 is 2.65 bits per heavy atom. The zero-order chi connectivity index (χ0) is 15.1. The molecule has 0 saturated heterocycles. The third-order valence-corrected chi connectivity index (χ3v) is 3.07. The largest absolute Gasteiger partial charge is 0.469 e. The first-order valence-corrected chi connectivity index (χ1v) is 7.20. The minimum atomic E-state index is -0.320. The molecule has 1 aromatic rings. The fourth-order valence-electron chi connectivity index (χ4n) is 1.76. The number of halogens is 1. The van der Waals surface area contributed by atoms with Crippen LogP contribution in [0, 0.1) is 5.92 Å². The summed E-state index contributed by atoms with van der Waals surface area (Å²) in [5.74, 6) is -0.132. The summed E-state index contributed by atoms with van der Waals surface area (Å²) in [6.07, 6.45) is 3.34. The van der Waals surface area contributed by atoms with Gasteiger partial charge in [-0.15, -0.1) is 0 Å². The van der Waals surface area contributed by atoms with Crippen LogP contribution in [-0.2, 0) is 9.53 Å². The number of rotatable bonds is 6. The Bertz CT molecular complexity index is 477. The summed E-state index contributed by atoms with van der Waals surface area (Å²) in [7, 11) is 1.34. The first-order chi connectivity index (χ1) is 9.43. The smallest absolute Gasteiger partial charge is 0.307 e. The van der Waals surface area contributed by atoms with Crippen LogP contribution < -0.4 is 0 Å². The van der Waals surface area contributed by atoms with Crippen molar-refractivity contribution < 1.29 is 14.3 Å². The molecule has 6 heteroatoms. The van der Waals surface area contributed by atoms with Crippen molar-refractivity contribution in [3.8, 4) is 0 Å². The third kappa shape index (κ3) is 5.28. The average Bonchev–Trinajstić information content (AvgIpc) is 2.41. The van der Waals surface area contributed by atoms with Gasteiger partial charge in [0.05, 0.1) is 19.1 Å². The van der Waals surface area contributed by atoms with E-state index in [0.29, 0.717) is 24.6 Å². The molecule has 0 N–H and O–H groups in total. The molecule has 0 atom stereocenters. The minimum absolute atomic E-state index is 0.128. The molecule has 1 rings (SSSR count). The van der Waals surface area contributed by atoms with Gasteiger partial charge in [0.2, 0.25) is 0 Å². The maximum atomic E-state index is 12.4. The van der Waals surface area contributed by atoms with Crippen LogP contribution in [0.15, 0.2) is 22.9 Å². The van der Waals surface area contributed by atoms with E-state index < -0.39 is 0 Å². The predicted octanol–water partition coefficient (Wildman–Crippen LogP) is 2.51. The minimum Gasteiger partial charge on any atom is -0.469 e. The Morgan fingerprint density at radius 2 is 2.10 bits per heavy atom. The topological polar surface area (TPSA) is 59.5 Å². The molecule has 5 nitrogen and oxygen atoms in total. The van der Waals surface area contributed by atoms with Crippen LogP contribution in [0.3, 0.4) is 0 Å². The zero-order valence-electron chi connectivity index (χ0n) is 11.9. The lowest BCUT2D eigenvalue weighted by atomic mass is 10.1. The molecule has 0 spiro atoms. The molecule has 0 unspecified atom stereocenters. The number of hydrogen-bond acceptors (Lipinski definition) is 4. The van der Waals surface area contributed by atoms with Crippen molar-refractivity contribution in [2.75, 3.05) is 20.2 Å². The highest BCUT2D eigenvalue weighted by Crippen LogP contribution is 2.13. The maximum Gasteiger partial charge on any atom is 0.307 e. The number of nitrogens with zero attached hydrogens (tertiary/aromatic N) is 2. The number of hydrogen-bond donors (Lipinski definition) is 0. The highest BCUT2D eigenvalue weighted by molar-refractivity contribution is 9.10. The van der Waals surface area contributed by atoms with Gasteiger partial charge in [-0.2, -0.15) is 0 Å². The molecular weight excluding hydrogens is 324 g/mol. The number of esters is 1. The normalized spacial score (nSPS) is 10.4. The lowest BCUT2D eigenvalue weighted by Gasteiger charge is -2.24. The fraction of sp³-hybridized carbons (Fsp3) is 0.500. The first kappa shape index (κ1) is 16.6. The van der Waals surface area contributed by atoms with E-state index in [9.17, 15) is 9.59 Å². The first-order valence-electron chi connectivity index (χ1n) is 6.40. The van der Waals surface area contributed by atoms with Crippen molar-refractivity contribution in [3.63, 3.8) is 0 Å². The molecule has 1 heterocycles. The van der Waals surface area contributed by atoms with E-state index in [1.807, 2.05) is 13.8 Å². The van der Waals surface area contributed by atoms with Crippen molar-refractivity contribution in [2.45, 2.75) is 20.3 Å². The summed E-state index contributed by atoms with van der Waals surface area (Å²) in [6, 6.07) is 1.72.